The highest BCUT2D eigenvalue weighted by molar-refractivity contribution is 5.81. The molecule has 0 aromatic carbocycles. The first-order valence-corrected chi connectivity index (χ1v) is 7.41. The van der Waals surface area contributed by atoms with Gasteiger partial charge in [0.1, 0.15) is 0 Å². The van der Waals surface area contributed by atoms with Crippen LogP contribution in [-0.4, -0.2) is 67.6 Å². The number of likely N-dealkylation sites (N-methyl/N-ethyl adjacent to an activating group) is 1. The van der Waals surface area contributed by atoms with E-state index >= 15 is 0 Å². The molecule has 0 aromatic heterocycles. The van der Waals surface area contributed by atoms with Crippen molar-refractivity contribution in [2.75, 3.05) is 39.8 Å². The third kappa shape index (κ3) is 5.09. The number of piperazine rings is 1. The SMILES string of the molecule is CC[C@H](N)C(=O)NCC(C(C)C)N1CCN(C)CC1. The summed E-state index contributed by atoms with van der Waals surface area (Å²) in [5.74, 6) is 0.504. The van der Waals surface area contributed by atoms with Crippen molar-refractivity contribution in [3.8, 4) is 0 Å². The Labute approximate surface area is 117 Å². The second-order valence-electron chi connectivity index (χ2n) is 5.91. The maximum absolute atomic E-state index is 11.8. The van der Waals surface area contributed by atoms with Crippen LogP contribution in [0.5, 0.6) is 0 Å². The summed E-state index contributed by atoms with van der Waals surface area (Å²) in [6.07, 6.45) is 0.687. The van der Waals surface area contributed by atoms with Crippen molar-refractivity contribution in [3.05, 3.63) is 0 Å². The Morgan fingerprint density at radius 1 is 1.26 bits per heavy atom. The van der Waals surface area contributed by atoms with E-state index in [0.29, 0.717) is 24.9 Å². The van der Waals surface area contributed by atoms with Gasteiger partial charge in [0.2, 0.25) is 5.91 Å². The first kappa shape index (κ1) is 16.4. The molecule has 0 saturated carbocycles. The van der Waals surface area contributed by atoms with Gasteiger partial charge in [0.15, 0.2) is 0 Å². The second kappa shape index (κ2) is 7.82. The quantitative estimate of drug-likeness (QED) is 0.719. The maximum atomic E-state index is 11.8. The summed E-state index contributed by atoms with van der Waals surface area (Å²) in [5, 5.41) is 3.00. The summed E-state index contributed by atoms with van der Waals surface area (Å²) < 4.78 is 0. The fourth-order valence-electron chi connectivity index (χ4n) is 2.46. The van der Waals surface area contributed by atoms with E-state index in [2.05, 4.69) is 36.0 Å². The number of nitrogens with zero attached hydrogens (tertiary/aromatic N) is 2. The Bertz CT molecular complexity index is 275. The molecule has 1 rings (SSSR count). The lowest BCUT2D eigenvalue weighted by Gasteiger charge is -2.40. The molecule has 0 radical (unpaired) electrons. The molecule has 1 saturated heterocycles. The number of rotatable bonds is 6. The van der Waals surface area contributed by atoms with Gasteiger partial charge in [0, 0.05) is 38.8 Å². The van der Waals surface area contributed by atoms with Gasteiger partial charge < -0.3 is 16.0 Å². The van der Waals surface area contributed by atoms with Crippen LogP contribution in [0.1, 0.15) is 27.2 Å². The number of nitrogens with two attached hydrogens (primary N) is 1. The zero-order chi connectivity index (χ0) is 14.4. The van der Waals surface area contributed by atoms with E-state index in [-0.39, 0.29) is 11.9 Å². The first-order chi connectivity index (χ1) is 8.95. The van der Waals surface area contributed by atoms with Gasteiger partial charge in [-0.3, -0.25) is 9.69 Å². The molecule has 1 amide bonds. The summed E-state index contributed by atoms with van der Waals surface area (Å²) in [4.78, 5) is 16.6. The molecule has 112 valence electrons. The Kier molecular flexibility index (Phi) is 6.75. The van der Waals surface area contributed by atoms with Crippen molar-refractivity contribution in [1.29, 1.82) is 0 Å². The van der Waals surface area contributed by atoms with Crippen LogP contribution < -0.4 is 11.1 Å². The smallest absolute Gasteiger partial charge is 0.236 e. The zero-order valence-corrected chi connectivity index (χ0v) is 12.9. The number of hydrogen-bond donors (Lipinski definition) is 2. The number of carbonyl (C=O) groups is 1. The Morgan fingerprint density at radius 2 is 1.84 bits per heavy atom. The number of carbonyl (C=O) groups excluding carboxylic acids is 1. The van der Waals surface area contributed by atoms with E-state index in [1.54, 1.807) is 0 Å². The minimum absolute atomic E-state index is 0.0257. The van der Waals surface area contributed by atoms with Gasteiger partial charge in [-0.05, 0) is 19.4 Å². The average Bonchev–Trinajstić information content (AvgIpc) is 2.39. The lowest BCUT2D eigenvalue weighted by Crippen LogP contribution is -2.55. The van der Waals surface area contributed by atoms with Gasteiger partial charge in [0.05, 0.1) is 6.04 Å². The summed E-state index contributed by atoms with van der Waals surface area (Å²) in [5.41, 5.74) is 5.74. The van der Waals surface area contributed by atoms with E-state index in [0.717, 1.165) is 26.2 Å². The highest BCUT2D eigenvalue weighted by Gasteiger charge is 2.25. The van der Waals surface area contributed by atoms with Crippen LogP contribution in [0.25, 0.3) is 0 Å². The molecule has 1 unspecified atom stereocenters. The lowest BCUT2D eigenvalue weighted by atomic mass is 10.0. The molecule has 1 fully saturated rings. The summed E-state index contributed by atoms with van der Waals surface area (Å²) in [6.45, 7) is 11.4. The monoisotopic (exact) mass is 270 g/mol. The van der Waals surface area contributed by atoms with Crippen molar-refractivity contribution in [2.24, 2.45) is 11.7 Å². The Morgan fingerprint density at radius 3 is 2.32 bits per heavy atom. The highest BCUT2D eigenvalue weighted by Crippen LogP contribution is 2.12. The van der Waals surface area contributed by atoms with E-state index in [4.69, 9.17) is 5.73 Å². The van der Waals surface area contributed by atoms with Crippen LogP contribution in [0.3, 0.4) is 0 Å². The van der Waals surface area contributed by atoms with Crippen molar-refractivity contribution in [3.63, 3.8) is 0 Å². The molecule has 3 N–H and O–H groups in total. The molecule has 1 aliphatic rings. The van der Waals surface area contributed by atoms with E-state index in [1.807, 2.05) is 6.92 Å². The van der Waals surface area contributed by atoms with Gasteiger partial charge in [0.25, 0.3) is 0 Å². The van der Waals surface area contributed by atoms with Gasteiger partial charge in [-0.25, -0.2) is 0 Å². The third-order valence-electron chi connectivity index (χ3n) is 4.04. The molecular formula is C14H30N4O. The predicted molar refractivity (Wildman–Crippen MR) is 79.0 cm³/mol. The molecular weight excluding hydrogens is 240 g/mol. The topological polar surface area (TPSA) is 61.6 Å². The normalized spacial score (nSPS) is 21.4. The van der Waals surface area contributed by atoms with Gasteiger partial charge >= 0.3 is 0 Å². The summed E-state index contributed by atoms with van der Waals surface area (Å²) in [6, 6.07) is 0.0296. The molecule has 1 aliphatic heterocycles. The minimum atomic E-state index is -0.375. The number of amides is 1. The molecule has 0 bridgehead atoms. The van der Waals surface area contributed by atoms with Crippen LogP contribution in [0.4, 0.5) is 0 Å². The van der Waals surface area contributed by atoms with Crippen LogP contribution in [0.2, 0.25) is 0 Å². The molecule has 5 heteroatoms. The van der Waals surface area contributed by atoms with Gasteiger partial charge in [-0.15, -0.1) is 0 Å². The van der Waals surface area contributed by atoms with Crippen LogP contribution in [-0.2, 0) is 4.79 Å². The van der Waals surface area contributed by atoms with Crippen molar-refractivity contribution >= 4 is 5.91 Å². The number of hydrogen-bond acceptors (Lipinski definition) is 4. The van der Waals surface area contributed by atoms with Crippen LogP contribution in [0.15, 0.2) is 0 Å². The zero-order valence-electron chi connectivity index (χ0n) is 12.9. The van der Waals surface area contributed by atoms with E-state index < -0.39 is 0 Å². The van der Waals surface area contributed by atoms with Gasteiger partial charge in [-0.2, -0.15) is 0 Å². The molecule has 5 nitrogen and oxygen atoms in total. The molecule has 0 aromatic rings. The van der Waals surface area contributed by atoms with Crippen molar-refractivity contribution in [2.45, 2.75) is 39.3 Å². The Hall–Kier alpha value is -0.650. The van der Waals surface area contributed by atoms with Gasteiger partial charge in [-0.1, -0.05) is 20.8 Å². The second-order valence-corrected chi connectivity index (χ2v) is 5.91. The Balaban J connectivity index is 2.47. The molecule has 1 heterocycles. The van der Waals surface area contributed by atoms with E-state index in [1.165, 1.54) is 0 Å². The largest absolute Gasteiger partial charge is 0.353 e. The van der Waals surface area contributed by atoms with Crippen molar-refractivity contribution < 1.29 is 4.79 Å². The molecule has 2 atom stereocenters. The predicted octanol–water partition coefficient (Wildman–Crippen LogP) is 0.112. The summed E-state index contributed by atoms with van der Waals surface area (Å²) >= 11 is 0. The highest BCUT2D eigenvalue weighted by atomic mass is 16.2. The molecule has 0 spiro atoms. The molecule has 0 aliphatic carbocycles. The average molecular weight is 270 g/mol. The minimum Gasteiger partial charge on any atom is -0.353 e. The third-order valence-corrected chi connectivity index (χ3v) is 4.04. The fourth-order valence-corrected chi connectivity index (χ4v) is 2.46. The summed E-state index contributed by atoms with van der Waals surface area (Å²) in [7, 11) is 2.16. The van der Waals surface area contributed by atoms with Crippen LogP contribution >= 0.6 is 0 Å². The van der Waals surface area contributed by atoms with Crippen molar-refractivity contribution in [1.82, 2.24) is 15.1 Å². The first-order valence-electron chi connectivity index (χ1n) is 7.41. The number of nitrogens with one attached hydrogen (secondary N) is 1. The molecule has 19 heavy (non-hydrogen) atoms. The maximum Gasteiger partial charge on any atom is 0.236 e. The lowest BCUT2D eigenvalue weighted by molar-refractivity contribution is -0.122. The fraction of sp³-hybridized carbons (Fsp3) is 0.929. The van der Waals surface area contributed by atoms with E-state index in [9.17, 15) is 4.79 Å². The van der Waals surface area contributed by atoms with Crippen LogP contribution in [0, 0.1) is 5.92 Å². The standard InChI is InChI=1S/C14H30N4O/c1-5-12(15)14(19)16-10-13(11(2)3)18-8-6-17(4)7-9-18/h11-13H,5-10,15H2,1-4H3,(H,16,19)/t12-,13?/m0/s1.